The van der Waals surface area contributed by atoms with Crippen molar-refractivity contribution in [3.63, 3.8) is 0 Å². The summed E-state index contributed by atoms with van der Waals surface area (Å²) in [7, 11) is 0. The molecule has 3 heterocycles. The Morgan fingerprint density at radius 1 is 1.20 bits per heavy atom. The van der Waals surface area contributed by atoms with Gasteiger partial charge in [0.15, 0.2) is 0 Å². The predicted molar refractivity (Wildman–Crippen MR) is 74.4 cm³/mol. The van der Waals surface area contributed by atoms with E-state index in [1.807, 2.05) is 19.9 Å². The van der Waals surface area contributed by atoms with Crippen LogP contribution in [0.3, 0.4) is 0 Å². The average Bonchev–Trinajstić information content (AvgIpc) is 2.47. The Balaban J connectivity index is 1.81. The van der Waals surface area contributed by atoms with E-state index in [0.29, 0.717) is 13.2 Å². The van der Waals surface area contributed by atoms with E-state index in [2.05, 4.69) is 24.8 Å². The van der Waals surface area contributed by atoms with Crippen molar-refractivity contribution in [1.82, 2.24) is 19.9 Å². The lowest BCUT2D eigenvalue weighted by Gasteiger charge is -2.32. The quantitative estimate of drug-likeness (QED) is 0.824. The van der Waals surface area contributed by atoms with Crippen molar-refractivity contribution in [2.24, 2.45) is 0 Å². The number of ether oxygens (including phenoxy) is 1. The molecule has 2 aromatic rings. The van der Waals surface area contributed by atoms with Crippen LogP contribution in [0.2, 0.25) is 0 Å². The first-order valence-electron chi connectivity index (χ1n) is 6.67. The van der Waals surface area contributed by atoms with Crippen molar-refractivity contribution in [3.8, 4) is 0 Å². The van der Waals surface area contributed by atoms with E-state index in [1.54, 1.807) is 18.6 Å². The zero-order valence-electron chi connectivity index (χ0n) is 11.7. The number of nitrogens with zero attached hydrogens (tertiary/aromatic N) is 5. The van der Waals surface area contributed by atoms with Gasteiger partial charge in [-0.1, -0.05) is 0 Å². The minimum absolute atomic E-state index is 0.0816. The molecule has 0 spiro atoms. The molecular weight excluding hydrogens is 254 g/mol. The number of morpholine rings is 1. The van der Waals surface area contributed by atoms with Gasteiger partial charge in [-0.2, -0.15) is 0 Å². The zero-order chi connectivity index (χ0) is 13.9. The fraction of sp³-hybridized carbons (Fsp3) is 0.429. The molecule has 1 atom stereocenters. The van der Waals surface area contributed by atoms with Gasteiger partial charge in [-0.25, -0.2) is 9.97 Å². The topological polar surface area (TPSA) is 64.0 Å². The van der Waals surface area contributed by atoms with Gasteiger partial charge in [0.2, 0.25) is 5.95 Å². The summed E-state index contributed by atoms with van der Waals surface area (Å²) in [6.07, 6.45) is 5.01. The molecule has 0 aliphatic carbocycles. The second kappa shape index (κ2) is 5.50. The molecule has 6 nitrogen and oxygen atoms in total. The first-order chi connectivity index (χ1) is 9.72. The first-order valence-corrected chi connectivity index (χ1v) is 6.67. The van der Waals surface area contributed by atoms with Crippen LogP contribution in [-0.4, -0.2) is 39.6 Å². The van der Waals surface area contributed by atoms with Gasteiger partial charge in [-0.15, -0.1) is 0 Å². The number of aryl methyl sites for hydroxylation is 2. The number of aromatic nitrogens is 4. The molecule has 0 aromatic carbocycles. The molecule has 20 heavy (non-hydrogen) atoms. The zero-order valence-corrected chi connectivity index (χ0v) is 11.7. The van der Waals surface area contributed by atoms with Crippen LogP contribution in [0.1, 0.15) is 23.2 Å². The summed E-state index contributed by atoms with van der Waals surface area (Å²) in [5.41, 5.74) is 2.81. The lowest BCUT2D eigenvalue weighted by molar-refractivity contribution is 0.0362. The minimum atomic E-state index is -0.0816. The molecule has 1 saturated heterocycles. The predicted octanol–water partition coefficient (Wildman–Crippen LogP) is 1.46. The molecule has 0 saturated carbocycles. The first kappa shape index (κ1) is 12.9. The summed E-state index contributed by atoms with van der Waals surface area (Å²) in [5.74, 6) is 0.764. The van der Waals surface area contributed by atoms with Crippen LogP contribution >= 0.6 is 0 Å². The highest BCUT2D eigenvalue weighted by atomic mass is 16.5. The summed E-state index contributed by atoms with van der Waals surface area (Å²) in [6.45, 7) is 6.09. The molecule has 104 valence electrons. The van der Waals surface area contributed by atoms with Crippen molar-refractivity contribution >= 4 is 5.95 Å². The molecule has 1 aliphatic rings. The Morgan fingerprint density at radius 2 is 2.00 bits per heavy atom. The number of hydrogen-bond donors (Lipinski definition) is 0. The maximum atomic E-state index is 5.78. The summed E-state index contributed by atoms with van der Waals surface area (Å²) >= 11 is 0. The molecule has 1 fully saturated rings. The van der Waals surface area contributed by atoms with Crippen molar-refractivity contribution in [2.45, 2.75) is 20.0 Å². The molecule has 0 radical (unpaired) electrons. The average molecular weight is 271 g/mol. The summed E-state index contributed by atoms with van der Waals surface area (Å²) in [4.78, 5) is 19.6. The van der Waals surface area contributed by atoms with E-state index in [0.717, 1.165) is 29.6 Å². The third-order valence-electron chi connectivity index (χ3n) is 3.23. The fourth-order valence-corrected chi connectivity index (χ4v) is 2.34. The van der Waals surface area contributed by atoms with Gasteiger partial charge in [-0.05, 0) is 19.9 Å². The lowest BCUT2D eigenvalue weighted by atomic mass is 10.2. The van der Waals surface area contributed by atoms with Crippen molar-refractivity contribution in [1.29, 1.82) is 0 Å². The maximum absolute atomic E-state index is 5.78. The normalized spacial score (nSPS) is 19.1. The number of hydrogen-bond acceptors (Lipinski definition) is 6. The summed E-state index contributed by atoms with van der Waals surface area (Å²) in [5, 5.41) is 0. The SMILES string of the molecule is Cc1cc(C)nc(N2CCO[C@H](c3cnccn3)C2)n1. The van der Waals surface area contributed by atoms with Crippen molar-refractivity contribution < 1.29 is 4.74 Å². The van der Waals surface area contributed by atoms with E-state index >= 15 is 0 Å². The Labute approximate surface area is 117 Å². The Morgan fingerprint density at radius 3 is 2.70 bits per heavy atom. The Kier molecular flexibility index (Phi) is 3.56. The summed E-state index contributed by atoms with van der Waals surface area (Å²) < 4.78 is 5.78. The molecule has 1 aliphatic heterocycles. The number of anilines is 1. The molecule has 0 amide bonds. The van der Waals surface area contributed by atoms with Crippen LogP contribution in [0.25, 0.3) is 0 Å². The van der Waals surface area contributed by atoms with Gasteiger partial charge < -0.3 is 9.64 Å². The largest absolute Gasteiger partial charge is 0.368 e. The highest BCUT2D eigenvalue weighted by Gasteiger charge is 2.25. The molecule has 6 heteroatoms. The minimum Gasteiger partial charge on any atom is -0.368 e. The van der Waals surface area contributed by atoms with Gasteiger partial charge in [0.25, 0.3) is 0 Å². The molecule has 3 rings (SSSR count). The fourth-order valence-electron chi connectivity index (χ4n) is 2.34. The van der Waals surface area contributed by atoms with Gasteiger partial charge in [0.1, 0.15) is 6.10 Å². The Bertz CT molecular complexity index is 569. The van der Waals surface area contributed by atoms with E-state index < -0.39 is 0 Å². The van der Waals surface area contributed by atoms with Crippen LogP contribution in [-0.2, 0) is 4.74 Å². The van der Waals surface area contributed by atoms with Crippen molar-refractivity contribution in [3.05, 3.63) is 41.7 Å². The summed E-state index contributed by atoms with van der Waals surface area (Å²) in [6, 6.07) is 1.98. The van der Waals surface area contributed by atoms with Crippen LogP contribution in [0.5, 0.6) is 0 Å². The highest BCUT2D eigenvalue weighted by molar-refractivity contribution is 5.33. The standard InChI is InChI=1S/C14H17N5O/c1-10-7-11(2)18-14(17-10)19-5-6-20-13(9-19)12-8-15-3-4-16-12/h3-4,7-8,13H,5-6,9H2,1-2H3/t13-/m0/s1. The molecule has 0 bridgehead atoms. The van der Waals surface area contributed by atoms with E-state index in [-0.39, 0.29) is 6.10 Å². The second-order valence-electron chi connectivity index (χ2n) is 4.89. The monoisotopic (exact) mass is 271 g/mol. The molecule has 0 N–H and O–H groups in total. The van der Waals surface area contributed by atoms with E-state index in [4.69, 9.17) is 4.74 Å². The van der Waals surface area contributed by atoms with Crippen LogP contribution in [0.15, 0.2) is 24.7 Å². The molecular formula is C14H17N5O. The van der Waals surface area contributed by atoms with E-state index in [9.17, 15) is 0 Å². The third-order valence-corrected chi connectivity index (χ3v) is 3.23. The lowest BCUT2D eigenvalue weighted by Crippen LogP contribution is -2.39. The third kappa shape index (κ3) is 2.75. The smallest absolute Gasteiger partial charge is 0.225 e. The molecule has 2 aromatic heterocycles. The van der Waals surface area contributed by atoms with Crippen LogP contribution in [0.4, 0.5) is 5.95 Å². The van der Waals surface area contributed by atoms with Crippen molar-refractivity contribution in [2.75, 3.05) is 24.6 Å². The number of rotatable bonds is 2. The maximum Gasteiger partial charge on any atom is 0.225 e. The van der Waals surface area contributed by atoms with Gasteiger partial charge in [0, 0.05) is 30.3 Å². The van der Waals surface area contributed by atoms with Crippen LogP contribution < -0.4 is 4.90 Å². The Hall–Kier alpha value is -2.08. The second-order valence-corrected chi connectivity index (χ2v) is 4.89. The van der Waals surface area contributed by atoms with E-state index in [1.165, 1.54) is 0 Å². The van der Waals surface area contributed by atoms with Crippen LogP contribution in [0, 0.1) is 13.8 Å². The molecule has 0 unspecified atom stereocenters. The van der Waals surface area contributed by atoms with Gasteiger partial charge in [0.05, 0.1) is 25.0 Å². The highest BCUT2D eigenvalue weighted by Crippen LogP contribution is 2.22. The van der Waals surface area contributed by atoms with Gasteiger partial charge in [-0.3, -0.25) is 9.97 Å². The van der Waals surface area contributed by atoms with Gasteiger partial charge >= 0.3 is 0 Å².